The van der Waals surface area contributed by atoms with Crippen molar-refractivity contribution >= 4 is 77.2 Å². The van der Waals surface area contributed by atoms with E-state index < -0.39 is 0 Å². The van der Waals surface area contributed by atoms with Gasteiger partial charge < -0.3 is 9.80 Å². The smallest absolute Gasteiger partial charge is 0.0540 e. The second-order valence-corrected chi connectivity index (χ2v) is 16.5. The first kappa shape index (κ1) is 34.0. The molecule has 0 N–H and O–H groups in total. The highest BCUT2D eigenvalue weighted by Gasteiger charge is 2.27. The van der Waals surface area contributed by atoms with Gasteiger partial charge in [0, 0.05) is 33.6 Å². The molecule has 0 saturated carbocycles. The summed E-state index contributed by atoms with van der Waals surface area (Å²) in [4.78, 5) is 4.90. The number of anilines is 6. The topological polar surface area (TPSA) is 6.48 Å². The van der Waals surface area contributed by atoms with Crippen molar-refractivity contribution in [1.29, 1.82) is 0 Å². The summed E-state index contributed by atoms with van der Waals surface area (Å²) < 4.78 is 0. The molecule has 2 aliphatic heterocycles. The summed E-state index contributed by atoms with van der Waals surface area (Å²) in [6.07, 6.45) is 0. The Bertz CT molecular complexity index is 3500. The second-order valence-electron chi connectivity index (χ2n) is 16.5. The van der Waals surface area contributed by atoms with Crippen LogP contribution in [0.5, 0.6) is 0 Å². The number of rotatable bonds is 2. The molecule has 0 bridgehead atoms. The number of para-hydroxylation sites is 4. The number of aryl methyl sites for hydroxylation is 1. The number of hydrogen-bond acceptors (Lipinski definition) is 2. The minimum atomic E-state index is 1.15. The van der Waals surface area contributed by atoms with Gasteiger partial charge in [0.25, 0.3) is 0 Å². The Kier molecular flexibility index (Phi) is 7.26. The summed E-state index contributed by atoms with van der Waals surface area (Å²) in [5.41, 5.74) is 18.3. The van der Waals surface area contributed by atoms with E-state index in [2.05, 4.69) is 229 Å². The Morgan fingerprint density at radius 3 is 1.05 bits per heavy atom. The second kappa shape index (κ2) is 13.0. The highest BCUT2D eigenvalue weighted by molar-refractivity contribution is 6.24. The van der Waals surface area contributed by atoms with Gasteiger partial charge >= 0.3 is 0 Å². The van der Waals surface area contributed by atoms with Gasteiger partial charge in [0.1, 0.15) is 0 Å². The van der Waals surface area contributed by atoms with Gasteiger partial charge in [-0.3, -0.25) is 0 Å². The van der Waals surface area contributed by atoms with Crippen LogP contribution in [0.1, 0.15) is 5.56 Å². The summed E-state index contributed by atoms with van der Waals surface area (Å²) >= 11 is 0. The first-order chi connectivity index (χ1) is 30.2. The Balaban J connectivity index is 0.953. The molecule has 0 amide bonds. The summed E-state index contributed by atoms with van der Waals surface area (Å²) in [6, 6.07) is 78.7. The molecule has 0 aliphatic carbocycles. The molecule has 61 heavy (non-hydrogen) atoms. The predicted molar refractivity (Wildman–Crippen MR) is 259 cm³/mol. The third kappa shape index (κ3) is 4.97. The van der Waals surface area contributed by atoms with Crippen molar-refractivity contribution in [2.45, 2.75) is 6.92 Å². The molecule has 2 heterocycles. The standard InChI is InChI=1S/C59H38N2/c1-37-34-39-36-41(61-57-24-12-8-20-51(57)46-16-4-5-17-47(46)52-21-9-13-25-58(52)61)28-31-43(39)53-33-32-48-42-30-27-40(35-38(42)26-29-54(48)59(37)53)60-55-22-10-6-18-49(55)44-14-2-3-15-45(44)50-19-7-11-23-56(50)60/h2-36H,1H3. The maximum atomic E-state index is 2.45. The van der Waals surface area contributed by atoms with Crippen LogP contribution in [0.4, 0.5) is 34.1 Å². The summed E-state index contributed by atoms with van der Waals surface area (Å²) in [5.74, 6) is 0. The van der Waals surface area contributed by atoms with E-state index in [-0.39, 0.29) is 0 Å². The quantitative estimate of drug-likeness (QED) is 0.161. The fraction of sp³-hybridized carbons (Fsp3) is 0.0169. The molecular weight excluding hydrogens is 737 g/mol. The van der Waals surface area contributed by atoms with Crippen LogP contribution in [0.3, 0.4) is 0 Å². The van der Waals surface area contributed by atoms with Crippen molar-refractivity contribution in [3.05, 3.63) is 218 Å². The summed E-state index contributed by atoms with van der Waals surface area (Å²) in [7, 11) is 0. The van der Waals surface area contributed by atoms with Gasteiger partial charge in [0.2, 0.25) is 0 Å². The van der Waals surface area contributed by atoms with E-state index in [4.69, 9.17) is 0 Å². The van der Waals surface area contributed by atoms with Crippen LogP contribution < -0.4 is 9.80 Å². The van der Waals surface area contributed by atoms with Crippen molar-refractivity contribution in [1.82, 2.24) is 0 Å². The highest BCUT2D eigenvalue weighted by Crippen LogP contribution is 2.53. The van der Waals surface area contributed by atoms with Crippen molar-refractivity contribution in [3.63, 3.8) is 0 Å². The van der Waals surface area contributed by atoms with Crippen LogP contribution in [-0.2, 0) is 0 Å². The van der Waals surface area contributed by atoms with Crippen molar-refractivity contribution in [3.8, 4) is 44.5 Å². The van der Waals surface area contributed by atoms with E-state index in [9.17, 15) is 0 Å². The molecule has 0 aromatic heterocycles. The van der Waals surface area contributed by atoms with Gasteiger partial charge in [0.15, 0.2) is 0 Å². The van der Waals surface area contributed by atoms with Crippen molar-refractivity contribution in [2.24, 2.45) is 0 Å². The minimum absolute atomic E-state index is 1.15. The summed E-state index contributed by atoms with van der Waals surface area (Å²) in [6.45, 7) is 2.28. The van der Waals surface area contributed by atoms with E-state index in [1.54, 1.807) is 0 Å². The van der Waals surface area contributed by atoms with Crippen LogP contribution >= 0.6 is 0 Å². The first-order valence-electron chi connectivity index (χ1n) is 21.2. The average Bonchev–Trinajstić information content (AvgIpc) is 3.52. The molecule has 13 rings (SSSR count). The zero-order valence-electron chi connectivity index (χ0n) is 33.6. The van der Waals surface area contributed by atoms with Crippen LogP contribution in [-0.4, -0.2) is 0 Å². The lowest BCUT2D eigenvalue weighted by Gasteiger charge is -2.28. The SMILES string of the molecule is Cc1cc2cc(N3c4ccccc4-c4ccccc4-c4ccccc43)ccc2c2ccc3c4ccc(N5c6ccccc6-c6ccccc6-c6ccccc65)cc4ccc3c12. The van der Waals surface area contributed by atoms with Crippen molar-refractivity contribution in [2.75, 3.05) is 9.80 Å². The molecule has 0 saturated heterocycles. The lowest BCUT2D eigenvalue weighted by Crippen LogP contribution is -2.10. The van der Waals surface area contributed by atoms with E-state index in [1.165, 1.54) is 116 Å². The lowest BCUT2D eigenvalue weighted by molar-refractivity contribution is 1.30. The fourth-order valence-electron chi connectivity index (χ4n) is 10.6. The van der Waals surface area contributed by atoms with Crippen LogP contribution in [0, 0.1) is 6.92 Å². The molecule has 0 unspecified atom stereocenters. The fourth-order valence-corrected chi connectivity index (χ4v) is 10.6. The first-order valence-corrected chi connectivity index (χ1v) is 21.2. The van der Waals surface area contributed by atoms with Gasteiger partial charge in [-0.2, -0.15) is 0 Å². The Morgan fingerprint density at radius 2 is 0.590 bits per heavy atom. The Morgan fingerprint density at radius 1 is 0.262 bits per heavy atom. The monoisotopic (exact) mass is 774 g/mol. The number of hydrogen-bond donors (Lipinski definition) is 0. The third-order valence-corrected chi connectivity index (χ3v) is 13.2. The molecule has 0 spiro atoms. The Labute approximate surface area is 354 Å². The van der Waals surface area contributed by atoms with E-state index in [1.807, 2.05) is 0 Å². The summed E-state index contributed by atoms with van der Waals surface area (Å²) in [5, 5.41) is 10.2. The van der Waals surface area contributed by atoms with Crippen molar-refractivity contribution < 1.29 is 0 Å². The largest absolute Gasteiger partial charge is 0.309 e. The average molecular weight is 775 g/mol. The molecule has 2 heteroatoms. The van der Waals surface area contributed by atoms with Crippen LogP contribution in [0.15, 0.2) is 212 Å². The highest BCUT2D eigenvalue weighted by atomic mass is 15.2. The van der Waals surface area contributed by atoms with Gasteiger partial charge in [-0.15, -0.1) is 0 Å². The number of nitrogens with zero attached hydrogens (tertiary/aromatic N) is 2. The molecule has 11 aromatic carbocycles. The molecule has 0 atom stereocenters. The number of fused-ring (bicyclic) bond motifs is 17. The van der Waals surface area contributed by atoms with E-state index >= 15 is 0 Å². The Hall–Kier alpha value is -7.94. The predicted octanol–water partition coefficient (Wildman–Crippen LogP) is 16.8. The zero-order valence-corrected chi connectivity index (χ0v) is 33.6. The molecule has 2 nitrogen and oxygen atoms in total. The zero-order chi connectivity index (χ0) is 40.2. The van der Waals surface area contributed by atoms with E-state index in [0.717, 1.165) is 11.4 Å². The minimum Gasteiger partial charge on any atom is -0.309 e. The van der Waals surface area contributed by atoms with Gasteiger partial charge in [0.05, 0.1) is 22.7 Å². The number of benzene rings is 11. The van der Waals surface area contributed by atoms with Crippen LogP contribution in [0.25, 0.3) is 87.6 Å². The third-order valence-electron chi connectivity index (χ3n) is 13.2. The molecule has 2 aliphatic rings. The normalized spacial score (nSPS) is 12.6. The maximum Gasteiger partial charge on any atom is 0.0540 e. The van der Waals surface area contributed by atoms with Crippen LogP contribution in [0.2, 0.25) is 0 Å². The van der Waals surface area contributed by atoms with E-state index in [0.29, 0.717) is 0 Å². The molecule has 0 fully saturated rings. The molecule has 11 aromatic rings. The molecular formula is C59H38N2. The maximum absolute atomic E-state index is 2.45. The van der Waals surface area contributed by atoms with Gasteiger partial charge in [-0.25, -0.2) is 0 Å². The molecule has 0 radical (unpaired) electrons. The van der Waals surface area contributed by atoms with Gasteiger partial charge in [-0.05, 0) is 126 Å². The molecule has 284 valence electrons. The lowest BCUT2D eigenvalue weighted by atomic mass is 9.91. The van der Waals surface area contributed by atoms with Gasteiger partial charge in [-0.1, -0.05) is 164 Å².